The SMILES string of the molecule is O=C(O[O-])c1ccccc1.O=C(O[O-])c1ccccc1.[Mg+2]. The van der Waals surface area contributed by atoms with Gasteiger partial charge in [-0.25, -0.2) is 9.59 Å². The van der Waals surface area contributed by atoms with Gasteiger partial charge in [0.05, 0.1) is 11.1 Å². The third-order valence-electron chi connectivity index (χ3n) is 2.17. The molecular formula is C14H10MgO6. The van der Waals surface area contributed by atoms with Gasteiger partial charge in [0.1, 0.15) is 0 Å². The molecule has 0 spiro atoms. The summed E-state index contributed by atoms with van der Waals surface area (Å²) in [5, 5.41) is 19.2. The molecule has 0 aliphatic rings. The molecular weight excluding hydrogens is 288 g/mol. The number of hydrogen-bond acceptors (Lipinski definition) is 6. The van der Waals surface area contributed by atoms with E-state index in [4.69, 9.17) is 0 Å². The fraction of sp³-hybridized carbons (Fsp3) is 0. The van der Waals surface area contributed by atoms with Gasteiger partial charge in [0.25, 0.3) is 0 Å². The van der Waals surface area contributed by atoms with Crippen LogP contribution in [0.1, 0.15) is 20.7 Å². The monoisotopic (exact) mass is 298 g/mol. The molecule has 0 saturated heterocycles. The van der Waals surface area contributed by atoms with Crippen molar-refractivity contribution in [3.63, 3.8) is 0 Å². The van der Waals surface area contributed by atoms with Gasteiger partial charge in [-0.1, -0.05) is 36.4 Å². The Morgan fingerprint density at radius 3 is 1.19 bits per heavy atom. The molecule has 0 heterocycles. The molecule has 0 aliphatic heterocycles. The molecule has 104 valence electrons. The topological polar surface area (TPSA) is 98.7 Å². The Balaban J connectivity index is 0.000000364. The smallest absolute Gasteiger partial charge is 0.661 e. The van der Waals surface area contributed by atoms with Gasteiger partial charge in [0, 0.05) is 0 Å². The van der Waals surface area contributed by atoms with Crippen LogP contribution < -0.4 is 10.5 Å². The first-order valence-electron chi connectivity index (χ1n) is 5.47. The molecule has 6 nitrogen and oxygen atoms in total. The largest absolute Gasteiger partial charge is 2.00 e. The van der Waals surface area contributed by atoms with Gasteiger partial charge in [-0.2, -0.15) is 0 Å². The molecule has 21 heavy (non-hydrogen) atoms. The minimum Gasteiger partial charge on any atom is -0.661 e. The van der Waals surface area contributed by atoms with Crippen LogP contribution in [-0.2, 0) is 9.78 Å². The summed E-state index contributed by atoms with van der Waals surface area (Å²) in [4.78, 5) is 27.5. The average molecular weight is 299 g/mol. The van der Waals surface area contributed by atoms with E-state index >= 15 is 0 Å². The maximum Gasteiger partial charge on any atom is 2.00 e. The molecule has 0 atom stereocenters. The van der Waals surface area contributed by atoms with Gasteiger partial charge < -0.3 is 20.3 Å². The molecule has 0 fully saturated rings. The molecule has 0 radical (unpaired) electrons. The molecule has 0 aliphatic carbocycles. The second-order valence-electron chi connectivity index (χ2n) is 3.47. The fourth-order valence-corrected chi connectivity index (χ4v) is 1.24. The molecule has 0 saturated carbocycles. The molecule has 0 unspecified atom stereocenters. The molecule has 2 rings (SSSR count). The van der Waals surface area contributed by atoms with Gasteiger partial charge in [-0.15, -0.1) is 0 Å². The first kappa shape index (κ1) is 19.1. The summed E-state index contributed by atoms with van der Waals surface area (Å²) >= 11 is 0. The molecule has 0 N–H and O–H groups in total. The number of benzene rings is 2. The molecule has 7 heteroatoms. The van der Waals surface area contributed by atoms with Crippen molar-refractivity contribution < 1.29 is 29.9 Å². The fourth-order valence-electron chi connectivity index (χ4n) is 1.24. The molecule has 0 aromatic heterocycles. The number of carbonyl (C=O) groups is 2. The average Bonchev–Trinajstić information content (AvgIpc) is 2.55. The van der Waals surface area contributed by atoms with E-state index in [1.165, 1.54) is 24.3 Å². The van der Waals surface area contributed by atoms with E-state index in [1.54, 1.807) is 36.4 Å². The van der Waals surface area contributed by atoms with Crippen LogP contribution in [-0.4, -0.2) is 35.0 Å². The number of rotatable bonds is 2. The molecule has 0 amide bonds. The van der Waals surface area contributed by atoms with Crippen molar-refractivity contribution in [3.8, 4) is 0 Å². The summed E-state index contributed by atoms with van der Waals surface area (Å²) in [6.45, 7) is 0. The first-order chi connectivity index (χ1) is 9.69. The Bertz CT molecular complexity index is 492. The number of hydrogen-bond donors (Lipinski definition) is 0. The summed E-state index contributed by atoms with van der Waals surface area (Å²) in [5.74, 6) is -1.69. The normalized spacial score (nSPS) is 8.48. The minimum absolute atomic E-state index is 0. The zero-order valence-corrected chi connectivity index (χ0v) is 12.3. The summed E-state index contributed by atoms with van der Waals surface area (Å²) < 4.78 is 0. The second-order valence-corrected chi connectivity index (χ2v) is 3.47. The Morgan fingerprint density at radius 2 is 0.952 bits per heavy atom. The van der Waals surface area contributed by atoms with E-state index in [0.717, 1.165) is 0 Å². The van der Waals surface area contributed by atoms with E-state index in [0.29, 0.717) is 0 Å². The maximum atomic E-state index is 10.5. The van der Waals surface area contributed by atoms with Crippen LogP contribution in [0, 0.1) is 0 Å². The number of carbonyl (C=O) groups excluding carboxylic acids is 2. The van der Waals surface area contributed by atoms with Crippen LogP contribution in [0.2, 0.25) is 0 Å². The predicted octanol–water partition coefficient (Wildman–Crippen LogP) is -0.143. The second kappa shape index (κ2) is 10.8. The van der Waals surface area contributed by atoms with Gasteiger partial charge in [-0.3, -0.25) is 0 Å². The maximum absolute atomic E-state index is 10.5. The van der Waals surface area contributed by atoms with Crippen molar-refractivity contribution in [1.29, 1.82) is 0 Å². The van der Waals surface area contributed by atoms with E-state index in [1.807, 2.05) is 0 Å². The van der Waals surface area contributed by atoms with E-state index in [9.17, 15) is 20.1 Å². The van der Waals surface area contributed by atoms with Crippen molar-refractivity contribution in [2.45, 2.75) is 0 Å². The Morgan fingerprint density at radius 1 is 0.667 bits per heavy atom. The van der Waals surface area contributed by atoms with Gasteiger partial charge in [0.15, 0.2) is 0 Å². The Labute approximate surface area is 136 Å². The standard InChI is InChI=1S/2C7H6O3.Mg/c2*8-7(10-9)6-4-2-1-3-5-6;/h2*1-5,9H;/q;;+2/p-2. The van der Waals surface area contributed by atoms with Crippen LogP contribution >= 0.6 is 0 Å². The molecule has 2 aromatic carbocycles. The summed E-state index contributed by atoms with van der Waals surface area (Å²) in [6.07, 6.45) is 0. The van der Waals surface area contributed by atoms with E-state index in [-0.39, 0.29) is 34.2 Å². The van der Waals surface area contributed by atoms with Crippen LogP contribution in [0.4, 0.5) is 0 Å². The zero-order valence-electron chi connectivity index (χ0n) is 10.9. The third-order valence-corrected chi connectivity index (χ3v) is 2.17. The van der Waals surface area contributed by atoms with Crippen molar-refractivity contribution in [2.24, 2.45) is 0 Å². The van der Waals surface area contributed by atoms with Crippen LogP contribution in [0.25, 0.3) is 0 Å². The first-order valence-corrected chi connectivity index (χ1v) is 5.47. The quantitative estimate of drug-likeness (QED) is 0.434. The van der Waals surface area contributed by atoms with E-state index < -0.39 is 11.9 Å². The molecule has 0 bridgehead atoms. The van der Waals surface area contributed by atoms with Gasteiger partial charge >= 0.3 is 35.0 Å². The van der Waals surface area contributed by atoms with Crippen molar-refractivity contribution in [2.75, 3.05) is 0 Å². The Hall–Kier alpha value is -1.93. The third kappa shape index (κ3) is 6.86. The van der Waals surface area contributed by atoms with Gasteiger partial charge in [0.2, 0.25) is 0 Å². The van der Waals surface area contributed by atoms with Crippen LogP contribution in [0.5, 0.6) is 0 Å². The summed E-state index contributed by atoms with van der Waals surface area (Å²) in [5.41, 5.74) is 0.551. The summed E-state index contributed by atoms with van der Waals surface area (Å²) in [7, 11) is 0. The van der Waals surface area contributed by atoms with Gasteiger partial charge in [-0.05, 0) is 24.3 Å². The van der Waals surface area contributed by atoms with Crippen molar-refractivity contribution >= 4 is 35.0 Å². The van der Waals surface area contributed by atoms with Crippen LogP contribution in [0.3, 0.4) is 0 Å². The summed E-state index contributed by atoms with van der Waals surface area (Å²) in [6, 6.07) is 16.2. The van der Waals surface area contributed by atoms with E-state index in [2.05, 4.69) is 9.78 Å². The van der Waals surface area contributed by atoms with Crippen molar-refractivity contribution in [3.05, 3.63) is 71.8 Å². The minimum atomic E-state index is -0.847. The predicted molar refractivity (Wildman–Crippen MR) is 69.5 cm³/mol. The Kier molecular flexibility index (Phi) is 9.81. The van der Waals surface area contributed by atoms with Crippen molar-refractivity contribution in [1.82, 2.24) is 0 Å². The van der Waals surface area contributed by atoms with Crippen LogP contribution in [0.15, 0.2) is 60.7 Å². The zero-order chi connectivity index (χ0) is 14.8. The molecule has 2 aromatic rings.